The van der Waals surface area contributed by atoms with E-state index in [1.807, 2.05) is 49.4 Å². The van der Waals surface area contributed by atoms with E-state index in [-0.39, 0.29) is 18.3 Å². The molecule has 0 saturated carbocycles. The molecule has 26 heavy (non-hydrogen) atoms. The van der Waals surface area contributed by atoms with Crippen LogP contribution >= 0.6 is 0 Å². The molecule has 0 fully saturated rings. The first kappa shape index (κ1) is 17.7. The molecule has 134 valence electrons. The molecular formula is C21H21NO4. The predicted octanol–water partition coefficient (Wildman–Crippen LogP) is 3.87. The highest BCUT2D eigenvalue weighted by atomic mass is 16.5. The van der Waals surface area contributed by atoms with Crippen molar-refractivity contribution in [2.24, 2.45) is 0 Å². The minimum Gasteiger partial charge on any atom is -0.450 e. The molecule has 0 spiro atoms. The molecule has 0 bridgehead atoms. The summed E-state index contributed by atoms with van der Waals surface area (Å²) < 4.78 is 10.7. The van der Waals surface area contributed by atoms with E-state index in [0.29, 0.717) is 17.7 Å². The Balaban J connectivity index is 1.60. The van der Waals surface area contributed by atoms with Gasteiger partial charge in [0, 0.05) is 24.5 Å². The number of hydrogen-bond acceptors (Lipinski definition) is 4. The quantitative estimate of drug-likeness (QED) is 0.655. The van der Waals surface area contributed by atoms with E-state index in [2.05, 4.69) is 0 Å². The maximum absolute atomic E-state index is 12.3. The summed E-state index contributed by atoms with van der Waals surface area (Å²) in [5, 5.41) is 0.863. The fourth-order valence-electron chi connectivity index (χ4n) is 2.73. The van der Waals surface area contributed by atoms with Gasteiger partial charge in [-0.15, -0.1) is 0 Å². The third-order valence-electron chi connectivity index (χ3n) is 4.32. The Kier molecular flexibility index (Phi) is 5.07. The SMILES string of the molecule is Cc1ccc(CN(C)C(=O)COC(=O)c2oc3ccccc3c2C)cc1. The zero-order valence-corrected chi connectivity index (χ0v) is 15.1. The van der Waals surface area contributed by atoms with E-state index in [9.17, 15) is 9.59 Å². The largest absolute Gasteiger partial charge is 0.450 e. The van der Waals surface area contributed by atoms with Crippen LogP contribution in [0.3, 0.4) is 0 Å². The van der Waals surface area contributed by atoms with E-state index >= 15 is 0 Å². The van der Waals surface area contributed by atoms with E-state index < -0.39 is 5.97 Å². The molecule has 0 aliphatic rings. The Morgan fingerprint density at radius 3 is 2.42 bits per heavy atom. The van der Waals surface area contributed by atoms with E-state index in [0.717, 1.165) is 16.5 Å². The van der Waals surface area contributed by atoms with Crippen molar-refractivity contribution in [1.29, 1.82) is 0 Å². The van der Waals surface area contributed by atoms with Crippen molar-refractivity contribution in [3.8, 4) is 0 Å². The van der Waals surface area contributed by atoms with Crippen LogP contribution in [0.4, 0.5) is 0 Å². The van der Waals surface area contributed by atoms with Gasteiger partial charge in [-0.1, -0.05) is 48.0 Å². The van der Waals surface area contributed by atoms with Gasteiger partial charge in [-0.3, -0.25) is 4.79 Å². The summed E-state index contributed by atoms with van der Waals surface area (Å²) in [5.74, 6) is -0.760. The summed E-state index contributed by atoms with van der Waals surface area (Å²) in [7, 11) is 1.68. The van der Waals surface area contributed by atoms with Gasteiger partial charge in [0.2, 0.25) is 5.76 Å². The number of likely N-dealkylation sites (N-methyl/N-ethyl adjacent to an activating group) is 1. The van der Waals surface area contributed by atoms with Gasteiger partial charge in [0.1, 0.15) is 5.58 Å². The van der Waals surface area contributed by atoms with Crippen molar-refractivity contribution in [2.75, 3.05) is 13.7 Å². The number of aryl methyl sites for hydroxylation is 2. The fraction of sp³-hybridized carbons (Fsp3) is 0.238. The van der Waals surface area contributed by atoms with Gasteiger partial charge >= 0.3 is 5.97 Å². The molecule has 0 aliphatic carbocycles. The molecule has 0 atom stereocenters. The zero-order valence-electron chi connectivity index (χ0n) is 15.1. The van der Waals surface area contributed by atoms with Gasteiger partial charge in [-0.25, -0.2) is 4.79 Å². The minimum absolute atomic E-state index is 0.139. The molecule has 2 aromatic carbocycles. The number of esters is 1. The van der Waals surface area contributed by atoms with Crippen LogP contribution in [0.2, 0.25) is 0 Å². The van der Waals surface area contributed by atoms with Crippen molar-refractivity contribution in [3.63, 3.8) is 0 Å². The predicted molar refractivity (Wildman–Crippen MR) is 98.9 cm³/mol. The van der Waals surface area contributed by atoms with Crippen LogP contribution in [0.15, 0.2) is 52.9 Å². The molecule has 0 unspecified atom stereocenters. The van der Waals surface area contributed by atoms with Crippen LogP contribution in [-0.2, 0) is 16.1 Å². The number of fused-ring (bicyclic) bond motifs is 1. The molecule has 0 aliphatic heterocycles. The molecule has 3 aromatic rings. The molecule has 0 radical (unpaired) electrons. The van der Waals surface area contributed by atoms with Gasteiger partial charge in [-0.2, -0.15) is 0 Å². The number of hydrogen-bond donors (Lipinski definition) is 0. The van der Waals surface area contributed by atoms with Crippen LogP contribution < -0.4 is 0 Å². The third kappa shape index (κ3) is 3.77. The smallest absolute Gasteiger partial charge is 0.375 e. The summed E-state index contributed by atoms with van der Waals surface area (Å²) in [6, 6.07) is 15.3. The highest BCUT2D eigenvalue weighted by Crippen LogP contribution is 2.25. The number of carbonyl (C=O) groups excluding carboxylic acids is 2. The van der Waals surface area contributed by atoms with E-state index in [1.54, 1.807) is 20.0 Å². The van der Waals surface area contributed by atoms with Crippen molar-refractivity contribution >= 4 is 22.8 Å². The Labute approximate surface area is 152 Å². The van der Waals surface area contributed by atoms with Gasteiger partial charge in [0.15, 0.2) is 6.61 Å². The molecule has 5 nitrogen and oxygen atoms in total. The number of carbonyl (C=O) groups is 2. The highest BCUT2D eigenvalue weighted by molar-refractivity contribution is 5.96. The second-order valence-electron chi connectivity index (χ2n) is 6.36. The van der Waals surface area contributed by atoms with Gasteiger partial charge in [-0.05, 0) is 25.5 Å². The normalized spacial score (nSPS) is 10.7. The maximum Gasteiger partial charge on any atom is 0.375 e. The molecule has 0 N–H and O–H groups in total. The zero-order chi connectivity index (χ0) is 18.7. The number of nitrogens with zero attached hydrogens (tertiary/aromatic N) is 1. The van der Waals surface area contributed by atoms with Crippen LogP contribution in [0, 0.1) is 13.8 Å². The number of furan rings is 1. The van der Waals surface area contributed by atoms with Gasteiger partial charge in [0.05, 0.1) is 0 Å². The van der Waals surface area contributed by atoms with Crippen molar-refractivity contribution in [3.05, 3.63) is 71.0 Å². The molecular weight excluding hydrogens is 330 g/mol. The Bertz CT molecular complexity index is 940. The molecule has 1 heterocycles. The first-order chi connectivity index (χ1) is 12.5. The molecule has 1 amide bonds. The lowest BCUT2D eigenvalue weighted by Gasteiger charge is -2.17. The lowest BCUT2D eigenvalue weighted by atomic mass is 10.1. The third-order valence-corrected chi connectivity index (χ3v) is 4.32. The Hall–Kier alpha value is -3.08. The van der Waals surface area contributed by atoms with Gasteiger partial charge < -0.3 is 14.1 Å². The minimum atomic E-state index is -0.629. The van der Waals surface area contributed by atoms with Crippen molar-refractivity contribution in [1.82, 2.24) is 4.90 Å². The average Bonchev–Trinajstić information content (AvgIpc) is 2.98. The summed E-state index contributed by atoms with van der Waals surface area (Å²) in [6.45, 7) is 3.95. The Morgan fingerprint density at radius 2 is 1.73 bits per heavy atom. The second-order valence-corrected chi connectivity index (χ2v) is 6.36. The molecule has 3 rings (SSSR count). The summed E-state index contributed by atoms with van der Waals surface area (Å²) >= 11 is 0. The second kappa shape index (κ2) is 7.44. The standard InChI is InChI=1S/C21H21NO4/c1-14-8-10-16(11-9-14)12-22(3)19(23)13-25-21(24)20-15(2)17-6-4-5-7-18(17)26-20/h4-11H,12-13H2,1-3H3. The average molecular weight is 351 g/mol. The van der Waals surface area contributed by atoms with Crippen LogP contribution in [0.25, 0.3) is 11.0 Å². The number of ether oxygens (including phenoxy) is 1. The molecule has 5 heteroatoms. The molecule has 1 aromatic heterocycles. The lowest BCUT2D eigenvalue weighted by Crippen LogP contribution is -2.30. The van der Waals surface area contributed by atoms with Crippen molar-refractivity contribution < 1.29 is 18.7 Å². The number of amides is 1. The Morgan fingerprint density at radius 1 is 1.04 bits per heavy atom. The number of benzene rings is 2. The topological polar surface area (TPSA) is 59.8 Å². The summed E-state index contributed by atoms with van der Waals surface area (Å²) in [4.78, 5) is 26.0. The summed E-state index contributed by atoms with van der Waals surface area (Å²) in [6.07, 6.45) is 0. The maximum atomic E-state index is 12.3. The summed E-state index contributed by atoms with van der Waals surface area (Å²) in [5.41, 5.74) is 3.52. The highest BCUT2D eigenvalue weighted by Gasteiger charge is 2.20. The lowest BCUT2D eigenvalue weighted by molar-refractivity contribution is -0.133. The van der Waals surface area contributed by atoms with E-state index in [4.69, 9.17) is 9.15 Å². The van der Waals surface area contributed by atoms with Crippen LogP contribution in [0.1, 0.15) is 27.2 Å². The number of rotatable bonds is 5. The van der Waals surface area contributed by atoms with E-state index in [1.165, 1.54) is 4.90 Å². The molecule has 0 saturated heterocycles. The van der Waals surface area contributed by atoms with Crippen molar-refractivity contribution in [2.45, 2.75) is 20.4 Å². The first-order valence-corrected chi connectivity index (χ1v) is 8.40. The monoisotopic (exact) mass is 351 g/mol. The first-order valence-electron chi connectivity index (χ1n) is 8.40. The fourth-order valence-corrected chi connectivity index (χ4v) is 2.73. The van der Waals surface area contributed by atoms with Crippen LogP contribution in [0.5, 0.6) is 0 Å². The van der Waals surface area contributed by atoms with Crippen LogP contribution in [-0.4, -0.2) is 30.4 Å². The van der Waals surface area contributed by atoms with Gasteiger partial charge in [0.25, 0.3) is 5.91 Å². The number of para-hydroxylation sites is 1.